The second-order valence-corrected chi connectivity index (χ2v) is 4.85. The highest BCUT2D eigenvalue weighted by Gasteiger charge is 2.27. The van der Waals surface area contributed by atoms with Gasteiger partial charge in [-0.05, 0) is 18.2 Å². The molecule has 3 N–H and O–H groups in total. The van der Waals surface area contributed by atoms with Crippen LogP contribution < -0.4 is 10.1 Å². The van der Waals surface area contributed by atoms with Gasteiger partial charge in [0, 0.05) is 17.1 Å². The molecule has 0 saturated carbocycles. The summed E-state index contributed by atoms with van der Waals surface area (Å²) in [6.45, 7) is 0. The number of hydrogen-bond donors (Lipinski definition) is 3. The SMILES string of the molecule is COc1cc(Br)cc(C=C2C(=O)NC(=N)N2C)c1O. The summed E-state index contributed by atoms with van der Waals surface area (Å²) in [5.74, 6) is -0.140. The van der Waals surface area contributed by atoms with Crippen LogP contribution in [0.2, 0.25) is 0 Å². The van der Waals surface area contributed by atoms with E-state index >= 15 is 0 Å². The zero-order valence-corrected chi connectivity index (χ0v) is 11.9. The van der Waals surface area contributed by atoms with Crippen molar-refractivity contribution in [3.05, 3.63) is 27.9 Å². The molecule has 1 fully saturated rings. The number of likely N-dealkylation sites (N-methyl/N-ethyl adjacent to an activating group) is 1. The maximum atomic E-state index is 11.7. The minimum absolute atomic E-state index is 0.00213. The molecule has 1 saturated heterocycles. The first-order chi connectivity index (χ1) is 8.93. The number of nitrogens with one attached hydrogen (secondary N) is 2. The van der Waals surface area contributed by atoms with Crippen LogP contribution in [0, 0.1) is 5.41 Å². The molecule has 1 aromatic rings. The van der Waals surface area contributed by atoms with Crippen molar-refractivity contribution in [3.63, 3.8) is 0 Å². The highest BCUT2D eigenvalue weighted by atomic mass is 79.9. The summed E-state index contributed by atoms with van der Waals surface area (Å²) in [4.78, 5) is 13.1. The van der Waals surface area contributed by atoms with E-state index in [2.05, 4.69) is 21.2 Å². The van der Waals surface area contributed by atoms with Gasteiger partial charge in [0.15, 0.2) is 11.5 Å². The number of guanidine groups is 1. The maximum absolute atomic E-state index is 11.7. The van der Waals surface area contributed by atoms with Crippen LogP contribution in [0.3, 0.4) is 0 Å². The van der Waals surface area contributed by atoms with Crippen LogP contribution in [0.25, 0.3) is 6.08 Å². The number of methoxy groups -OCH3 is 1. The lowest BCUT2D eigenvalue weighted by molar-refractivity contribution is -0.115. The first kappa shape index (κ1) is 13.4. The van der Waals surface area contributed by atoms with Crippen molar-refractivity contribution in [1.29, 1.82) is 5.41 Å². The topological polar surface area (TPSA) is 85.7 Å². The predicted octanol–water partition coefficient (Wildman–Crippen LogP) is 1.50. The highest BCUT2D eigenvalue weighted by molar-refractivity contribution is 9.10. The summed E-state index contributed by atoms with van der Waals surface area (Å²) in [7, 11) is 3.04. The average Bonchev–Trinajstić information content (AvgIpc) is 2.60. The van der Waals surface area contributed by atoms with E-state index in [0.29, 0.717) is 15.8 Å². The number of carbonyl (C=O) groups is 1. The van der Waals surface area contributed by atoms with Gasteiger partial charge in [0.25, 0.3) is 5.91 Å². The molecule has 1 heterocycles. The van der Waals surface area contributed by atoms with Gasteiger partial charge >= 0.3 is 0 Å². The van der Waals surface area contributed by atoms with E-state index in [1.807, 2.05) is 0 Å². The zero-order chi connectivity index (χ0) is 14.2. The fraction of sp³-hybridized carbons (Fsp3) is 0.167. The number of aromatic hydroxyl groups is 1. The first-order valence-electron chi connectivity index (χ1n) is 5.36. The molecule has 0 aliphatic carbocycles. The molecule has 6 nitrogen and oxygen atoms in total. The molecular weight excluding hydrogens is 314 g/mol. The highest BCUT2D eigenvalue weighted by Crippen LogP contribution is 2.35. The van der Waals surface area contributed by atoms with E-state index in [1.165, 1.54) is 18.1 Å². The molecule has 100 valence electrons. The van der Waals surface area contributed by atoms with Gasteiger partial charge in [0.1, 0.15) is 5.70 Å². The summed E-state index contributed by atoms with van der Waals surface area (Å²) in [6.07, 6.45) is 1.50. The van der Waals surface area contributed by atoms with Gasteiger partial charge in [-0.3, -0.25) is 15.5 Å². The molecule has 19 heavy (non-hydrogen) atoms. The third-order valence-corrected chi connectivity index (χ3v) is 3.20. The van der Waals surface area contributed by atoms with E-state index < -0.39 is 0 Å². The zero-order valence-electron chi connectivity index (χ0n) is 10.3. The molecule has 0 atom stereocenters. The number of ether oxygens (including phenoxy) is 1. The number of halogens is 1. The lowest BCUT2D eigenvalue weighted by atomic mass is 10.1. The second-order valence-electron chi connectivity index (χ2n) is 3.94. The summed E-state index contributed by atoms with van der Waals surface area (Å²) in [6, 6.07) is 3.28. The average molecular weight is 326 g/mol. The third kappa shape index (κ3) is 2.41. The van der Waals surface area contributed by atoms with E-state index in [0.717, 1.165) is 0 Å². The molecule has 1 aromatic carbocycles. The second kappa shape index (κ2) is 4.93. The number of amides is 1. The Kier molecular flexibility index (Phi) is 3.48. The molecule has 0 radical (unpaired) electrons. The maximum Gasteiger partial charge on any atom is 0.274 e. The quantitative estimate of drug-likeness (QED) is 0.719. The van der Waals surface area contributed by atoms with Crippen LogP contribution in [0.15, 0.2) is 22.3 Å². The van der Waals surface area contributed by atoms with Gasteiger partial charge in [0.2, 0.25) is 5.96 Å². The Balaban J connectivity index is 2.52. The summed E-state index contributed by atoms with van der Waals surface area (Å²) < 4.78 is 5.75. The van der Waals surface area contributed by atoms with Crippen LogP contribution >= 0.6 is 15.9 Å². The molecule has 0 aromatic heterocycles. The van der Waals surface area contributed by atoms with Crippen molar-refractivity contribution in [2.75, 3.05) is 14.2 Å². The van der Waals surface area contributed by atoms with Gasteiger partial charge < -0.3 is 14.7 Å². The first-order valence-corrected chi connectivity index (χ1v) is 6.15. The predicted molar refractivity (Wildman–Crippen MR) is 74.0 cm³/mol. The fourth-order valence-electron chi connectivity index (χ4n) is 1.70. The van der Waals surface area contributed by atoms with Gasteiger partial charge in [0.05, 0.1) is 7.11 Å². The number of rotatable bonds is 2. The Hall–Kier alpha value is -2.02. The lowest BCUT2D eigenvalue weighted by Crippen LogP contribution is -2.25. The number of hydrogen-bond acceptors (Lipinski definition) is 4. The smallest absolute Gasteiger partial charge is 0.274 e. The van der Waals surface area contributed by atoms with Crippen molar-refractivity contribution < 1.29 is 14.6 Å². The number of benzene rings is 1. The van der Waals surface area contributed by atoms with Crippen LogP contribution in [0.4, 0.5) is 0 Å². The summed E-state index contributed by atoms with van der Waals surface area (Å²) in [5.41, 5.74) is 0.707. The molecule has 0 unspecified atom stereocenters. The Labute approximate surface area is 118 Å². The van der Waals surface area contributed by atoms with Crippen molar-refractivity contribution in [2.24, 2.45) is 0 Å². The van der Waals surface area contributed by atoms with Crippen molar-refractivity contribution >= 4 is 33.9 Å². The van der Waals surface area contributed by atoms with Crippen molar-refractivity contribution in [1.82, 2.24) is 10.2 Å². The van der Waals surface area contributed by atoms with Gasteiger partial charge in [-0.25, -0.2) is 0 Å². The molecular formula is C12H12BrN3O3. The summed E-state index contributed by atoms with van der Waals surface area (Å²) in [5, 5.41) is 19.9. The van der Waals surface area contributed by atoms with E-state index in [4.69, 9.17) is 10.1 Å². The van der Waals surface area contributed by atoms with Crippen LogP contribution in [-0.2, 0) is 4.79 Å². The molecule has 7 heteroatoms. The Bertz CT molecular complexity index is 598. The van der Waals surface area contributed by atoms with E-state index in [9.17, 15) is 9.90 Å². The molecule has 1 amide bonds. The molecule has 0 bridgehead atoms. The Morgan fingerprint density at radius 3 is 2.74 bits per heavy atom. The number of carbonyl (C=O) groups excluding carboxylic acids is 1. The monoisotopic (exact) mass is 325 g/mol. The number of nitrogens with zero attached hydrogens (tertiary/aromatic N) is 1. The van der Waals surface area contributed by atoms with Crippen molar-refractivity contribution in [2.45, 2.75) is 0 Å². The third-order valence-electron chi connectivity index (χ3n) is 2.74. The van der Waals surface area contributed by atoms with Gasteiger partial charge in [-0.2, -0.15) is 0 Å². The minimum Gasteiger partial charge on any atom is -0.504 e. The van der Waals surface area contributed by atoms with E-state index in [-0.39, 0.29) is 23.3 Å². The molecule has 2 rings (SSSR count). The normalized spacial score (nSPS) is 17.0. The fourth-order valence-corrected chi connectivity index (χ4v) is 2.15. The van der Waals surface area contributed by atoms with Gasteiger partial charge in [-0.15, -0.1) is 0 Å². The van der Waals surface area contributed by atoms with Crippen molar-refractivity contribution in [3.8, 4) is 11.5 Å². The van der Waals surface area contributed by atoms with Crippen LogP contribution in [0.5, 0.6) is 11.5 Å². The minimum atomic E-state index is -0.383. The largest absolute Gasteiger partial charge is 0.504 e. The molecule has 1 aliphatic rings. The number of phenols is 1. The Morgan fingerprint density at radius 1 is 1.53 bits per heavy atom. The van der Waals surface area contributed by atoms with Gasteiger partial charge in [-0.1, -0.05) is 15.9 Å². The molecule has 0 spiro atoms. The van der Waals surface area contributed by atoms with Crippen LogP contribution in [0.1, 0.15) is 5.56 Å². The molecule has 1 aliphatic heterocycles. The standard InChI is InChI=1S/C12H12BrN3O3/c1-16-8(11(18)15-12(16)14)4-6-3-7(13)5-9(19-2)10(6)17/h3-5,17H,1-2H3,(H2,14,15,18). The lowest BCUT2D eigenvalue weighted by Gasteiger charge is -2.11. The number of phenolic OH excluding ortho intramolecular Hbond substituents is 1. The summed E-state index contributed by atoms with van der Waals surface area (Å²) >= 11 is 3.30. The Morgan fingerprint density at radius 2 is 2.21 bits per heavy atom. The van der Waals surface area contributed by atoms with E-state index in [1.54, 1.807) is 19.2 Å². The van der Waals surface area contributed by atoms with Crippen LogP contribution in [-0.4, -0.2) is 36.0 Å².